The molecule has 0 amide bonds. The van der Waals surface area contributed by atoms with Crippen molar-refractivity contribution in [2.24, 2.45) is 0 Å². The van der Waals surface area contributed by atoms with Crippen molar-refractivity contribution < 1.29 is 13.5 Å². The molecule has 0 radical (unpaired) electrons. The Bertz CT molecular complexity index is 605. The zero-order valence-electron chi connectivity index (χ0n) is 12.1. The number of rotatable bonds is 6. The lowest BCUT2D eigenvalue weighted by Crippen LogP contribution is -2.20. The van der Waals surface area contributed by atoms with E-state index in [1.807, 2.05) is 13.0 Å². The van der Waals surface area contributed by atoms with Crippen molar-refractivity contribution in [2.45, 2.75) is 26.3 Å². The first-order valence-corrected chi connectivity index (χ1v) is 6.93. The van der Waals surface area contributed by atoms with Crippen molar-refractivity contribution >= 4 is 0 Å². The highest BCUT2D eigenvalue weighted by Gasteiger charge is 2.15. The second-order valence-electron chi connectivity index (χ2n) is 4.73. The number of aromatic nitrogens is 1. The Morgan fingerprint density at radius 3 is 2.81 bits per heavy atom. The monoisotopic (exact) mass is 292 g/mol. The maximum absolute atomic E-state index is 13.7. The average molecular weight is 292 g/mol. The molecule has 112 valence electrons. The van der Waals surface area contributed by atoms with Crippen LogP contribution >= 0.6 is 0 Å². The van der Waals surface area contributed by atoms with Gasteiger partial charge in [0.25, 0.3) is 0 Å². The molecule has 1 aromatic carbocycles. The van der Waals surface area contributed by atoms with E-state index in [4.69, 9.17) is 4.74 Å². The Balaban J connectivity index is 2.26. The minimum absolute atomic E-state index is 0.00488. The average Bonchev–Trinajstić information content (AvgIpc) is 2.50. The van der Waals surface area contributed by atoms with Crippen LogP contribution < -0.4 is 10.1 Å². The number of hydrogen-bond donors (Lipinski definition) is 1. The van der Waals surface area contributed by atoms with Crippen LogP contribution in [-0.4, -0.2) is 11.5 Å². The summed E-state index contributed by atoms with van der Waals surface area (Å²) in [7, 11) is 0. The van der Waals surface area contributed by atoms with Crippen LogP contribution in [0.5, 0.6) is 11.6 Å². The van der Waals surface area contributed by atoms with Crippen molar-refractivity contribution in [3.8, 4) is 11.6 Å². The molecule has 1 unspecified atom stereocenters. The standard InChI is InChI=1S/C16H18F2N2O/c1-3-9-19-11(2)12-6-5-10-20-16(12)21-14-8-4-7-13(17)15(14)18/h4-8,10-11,19H,3,9H2,1-2H3. The molecule has 5 heteroatoms. The van der Waals surface area contributed by atoms with Crippen molar-refractivity contribution in [3.05, 3.63) is 53.7 Å². The normalized spacial score (nSPS) is 12.2. The molecule has 1 aromatic heterocycles. The van der Waals surface area contributed by atoms with Gasteiger partial charge in [0.1, 0.15) is 0 Å². The third kappa shape index (κ3) is 3.76. The molecule has 0 aliphatic carbocycles. The van der Waals surface area contributed by atoms with Gasteiger partial charge >= 0.3 is 0 Å². The Kier molecular flexibility index (Phi) is 5.22. The summed E-state index contributed by atoms with van der Waals surface area (Å²) in [5.74, 6) is -1.85. The van der Waals surface area contributed by atoms with Crippen LogP contribution in [0.3, 0.4) is 0 Å². The van der Waals surface area contributed by atoms with Gasteiger partial charge in [-0.1, -0.05) is 19.1 Å². The van der Waals surface area contributed by atoms with Crippen LogP contribution in [0.15, 0.2) is 36.5 Å². The van der Waals surface area contributed by atoms with Gasteiger partial charge in [0.05, 0.1) is 0 Å². The zero-order chi connectivity index (χ0) is 15.2. The number of halogens is 2. The fourth-order valence-electron chi connectivity index (χ4n) is 1.96. The highest BCUT2D eigenvalue weighted by atomic mass is 19.2. The molecule has 0 spiro atoms. The molecule has 1 atom stereocenters. The van der Waals surface area contributed by atoms with Gasteiger partial charge in [0.2, 0.25) is 11.7 Å². The fourth-order valence-corrected chi connectivity index (χ4v) is 1.96. The maximum Gasteiger partial charge on any atom is 0.224 e. The Morgan fingerprint density at radius 2 is 2.05 bits per heavy atom. The molecule has 21 heavy (non-hydrogen) atoms. The van der Waals surface area contributed by atoms with Crippen molar-refractivity contribution in [3.63, 3.8) is 0 Å². The molecule has 0 bridgehead atoms. The largest absolute Gasteiger partial charge is 0.435 e. The molecule has 0 saturated carbocycles. The molecule has 0 aliphatic heterocycles. The highest BCUT2D eigenvalue weighted by molar-refractivity contribution is 5.35. The number of nitrogens with one attached hydrogen (secondary N) is 1. The quantitative estimate of drug-likeness (QED) is 0.866. The minimum Gasteiger partial charge on any atom is -0.435 e. The van der Waals surface area contributed by atoms with Gasteiger partial charge in [-0.15, -0.1) is 0 Å². The van der Waals surface area contributed by atoms with E-state index in [2.05, 4.69) is 17.2 Å². The Hall–Kier alpha value is -2.01. The predicted octanol–water partition coefficient (Wildman–Crippen LogP) is 4.21. The molecule has 1 heterocycles. The zero-order valence-corrected chi connectivity index (χ0v) is 12.1. The maximum atomic E-state index is 13.7. The number of benzene rings is 1. The number of nitrogens with zero attached hydrogens (tertiary/aromatic N) is 1. The topological polar surface area (TPSA) is 34.2 Å². The predicted molar refractivity (Wildman–Crippen MR) is 77.4 cm³/mol. The third-order valence-electron chi connectivity index (χ3n) is 3.09. The fraction of sp³-hybridized carbons (Fsp3) is 0.312. The summed E-state index contributed by atoms with van der Waals surface area (Å²) in [6, 6.07) is 7.47. The molecular weight excluding hydrogens is 274 g/mol. The Morgan fingerprint density at radius 1 is 1.24 bits per heavy atom. The van der Waals surface area contributed by atoms with Gasteiger partial charge in [-0.3, -0.25) is 0 Å². The molecule has 3 nitrogen and oxygen atoms in total. The number of ether oxygens (including phenoxy) is 1. The van der Waals surface area contributed by atoms with Crippen molar-refractivity contribution in [1.82, 2.24) is 10.3 Å². The van der Waals surface area contributed by atoms with Gasteiger partial charge in [-0.2, -0.15) is 4.39 Å². The van der Waals surface area contributed by atoms with E-state index in [0.717, 1.165) is 24.6 Å². The van der Waals surface area contributed by atoms with E-state index in [1.165, 1.54) is 12.1 Å². The molecule has 2 rings (SSSR count). The van der Waals surface area contributed by atoms with E-state index >= 15 is 0 Å². The van der Waals surface area contributed by atoms with E-state index in [0.29, 0.717) is 0 Å². The lowest BCUT2D eigenvalue weighted by molar-refractivity contribution is 0.396. The van der Waals surface area contributed by atoms with Crippen LogP contribution in [0.1, 0.15) is 31.9 Å². The second kappa shape index (κ2) is 7.13. The molecule has 1 N–H and O–H groups in total. The van der Waals surface area contributed by atoms with E-state index in [-0.39, 0.29) is 17.7 Å². The lowest BCUT2D eigenvalue weighted by Gasteiger charge is -2.17. The first kappa shape index (κ1) is 15.4. The summed E-state index contributed by atoms with van der Waals surface area (Å²) in [5, 5.41) is 3.31. The van der Waals surface area contributed by atoms with E-state index < -0.39 is 11.6 Å². The first-order chi connectivity index (χ1) is 10.1. The van der Waals surface area contributed by atoms with Crippen LogP contribution in [0.4, 0.5) is 8.78 Å². The van der Waals surface area contributed by atoms with Gasteiger partial charge in [-0.25, -0.2) is 9.37 Å². The summed E-state index contributed by atoms with van der Waals surface area (Å²) in [5.41, 5.74) is 0.801. The van der Waals surface area contributed by atoms with E-state index in [9.17, 15) is 8.78 Å². The smallest absolute Gasteiger partial charge is 0.224 e. The molecular formula is C16H18F2N2O. The van der Waals surface area contributed by atoms with Crippen molar-refractivity contribution in [1.29, 1.82) is 0 Å². The van der Waals surface area contributed by atoms with Gasteiger partial charge in [-0.05, 0) is 38.1 Å². The van der Waals surface area contributed by atoms with Crippen LogP contribution in [0.2, 0.25) is 0 Å². The third-order valence-corrected chi connectivity index (χ3v) is 3.09. The van der Waals surface area contributed by atoms with Crippen molar-refractivity contribution in [2.75, 3.05) is 6.54 Å². The highest BCUT2D eigenvalue weighted by Crippen LogP contribution is 2.29. The number of hydrogen-bond acceptors (Lipinski definition) is 3. The molecule has 0 saturated heterocycles. The second-order valence-corrected chi connectivity index (χ2v) is 4.73. The minimum atomic E-state index is -1.01. The first-order valence-electron chi connectivity index (χ1n) is 6.93. The lowest BCUT2D eigenvalue weighted by atomic mass is 10.1. The number of pyridine rings is 1. The SMILES string of the molecule is CCCNC(C)c1cccnc1Oc1cccc(F)c1F. The van der Waals surface area contributed by atoms with Gasteiger partial charge in [0.15, 0.2) is 11.6 Å². The molecule has 0 fully saturated rings. The van der Waals surface area contributed by atoms with Crippen LogP contribution in [0, 0.1) is 11.6 Å². The van der Waals surface area contributed by atoms with Crippen LogP contribution in [0.25, 0.3) is 0 Å². The Labute approximate surface area is 123 Å². The summed E-state index contributed by atoms with van der Waals surface area (Å²) >= 11 is 0. The van der Waals surface area contributed by atoms with Gasteiger partial charge < -0.3 is 10.1 Å². The molecule has 0 aliphatic rings. The van der Waals surface area contributed by atoms with Gasteiger partial charge in [0, 0.05) is 17.8 Å². The van der Waals surface area contributed by atoms with E-state index in [1.54, 1.807) is 12.3 Å². The summed E-state index contributed by atoms with van der Waals surface area (Å²) < 4.78 is 32.4. The molecule has 2 aromatic rings. The summed E-state index contributed by atoms with van der Waals surface area (Å²) in [6.45, 7) is 4.90. The summed E-state index contributed by atoms with van der Waals surface area (Å²) in [4.78, 5) is 4.12. The summed E-state index contributed by atoms with van der Waals surface area (Å²) in [6.07, 6.45) is 2.56. The van der Waals surface area contributed by atoms with Crippen LogP contribution in [-0.2, 0) is 0 Å².